The molecule has 1 fully saturated rings. The fourth-order valence-electron chi connectivity index (χ4n) is 3.70. The van der Waals surface area contributed by atoms with Crippen molar-refractivity contribution in [3.8, 4) is 0 Å². The highest BCUT2D eigenvalue weighted by Crippen LogP contribution is 2.38. The number of hydrogen-bond acceptors (Lipinski definition) is 2. The molecule has 0 aliphatic heterocycles. The van der Waals surface area contributed by atoms with Gasteiger partial charge in [0.15, 0.2) is 0 Å². The molecule has 2 heteroatoms. The van der Waals surface area contributed by atoms with Crippen LogP contribution < -0.4 is 5.32 Å². The van der Waals surface area contributed by atoms with E-state index in [1.165, 1.54) is 63.0 Å². The average Bonchev–Trinajstić information content (AvgIpc) is 2.43. The molecule has 1 aliphatic carbocycles. The molecule has 3 unspecified atom stereocenters. The second-order valence-corrected chi connectivity index (χ2v) is 8.28. The topological polar surface area (TPSA) is 12.0 Å². The van der Waals surface area contributed by atoms with Crippen LogP contribution in [0.25, 0.3) is 0 Å². The van der Waals surface area contributed by atoms with Gasteiger partial charge in [-0.1, -0.05) is 47.0 Å². The quantitative estimate of drug-likeness (QED) is 0.546. The van der Waals surface area contributed by atoms with Crippen molar-refractivity contribution >= 4 is 11.8 Å². The first kappa shape index (κ1) is 18.4. The summed E-state index contributed by atoms with van der Waals surface area (Å²) in [4.78, 5) is 0. The number of rotatable bonds is 10. The molecule has 1 aliphatic rings. The Labute approximate surface area is 132 Å². The van der Waals surface area contributed by atoms with E-state index in [1.807, 2.05) is 0 Å². The van der Waals surface area contributed by atoms with Crippen LogP contribution in [0.4, 0.5) is 0 Å². The highest BCUT2D eigenvalue weighted by molar-refractivity contribution is 7.99. The Bertz CT molecular complexity index is 229. The van der Waals surface area contributed by atoms with Crippen molar-refractivity contribution in [1.82, 2.24) is 5.32 Å². The summed E-state index contributed by atoms with van der Waals surface area (Å²) in [6.45, 7) is 10.4. The summed E-state index contributed by atoms with van der Waals surface area (Å²) < 4.78 is 0. The van der Waals surface area contributed by atoms with E-state index in [0.29, 0.717) is 6.04 Å². The van der Waals surface area contributed by atoms with Gasteiger partial charge in [-0.15, -0.1) is 0 Å². The molecule has 1 rings (SSSR count). The molecule has 0 aromatic rings. The van der Waals surface area contributed by atoms with Gasteiger partial charge >= 0.3 is 0 Å². The molecule has 0 aromatic carbocycles. The molecule has 3 atom stereocenters. The molecule has 0 heterocycles. The minimum Gasteiger partial charge on any atom is -0.314 e. The molecule has 20 heavy (non-hydrogen) atoms. The first-order valence-electron chi connectivity index (χ1n) is 8.98. The average molecular weight is 300 g/mol. The predicted molar refractivity (Wildman–Crippen MR) is 94.6 cm³/mol. The minimum atomic E-state index is 0.639. The van der Waals surface area contributed by atoms with Gasteiger partial charge in [0.1, 0.15) is 0 Å². The molecule has 0 bridgehead atoms. The lowest BCUT2D eigenvalue weighted by atomic mass is 9.71. The van der Waals surface area contributed by atoms with Crippen molar-refractivity contribution in [2.75, 3.05) is 18.1 Å². The SMILES string of the molecule is CCCC1CCC(CNC(C)C)C(CCCSCC)C1. The fraction of sp³-hybridized carbons (Fsp3) is 1.00. The minimum absolute atomic E-state index is 0.639. The summed E-state index contributed by atoms with van der Waals surface area (Å²) in [5, 5.41) is 3.69. The van der Waals surface area contributed by atoms with Crippen molar-refractivity contribution in [1.29, 1.82) is 0 Å². The van der Waals surface area contributed by atoms with E-state index in [9.17, 15) is 0 Å². The summed E-state index contributed by atoms with van der Waals surface area (Å²) in [6.07, 6.45) is 10.2. The summed E-state index contributed by atoms with van der Waals surface area (Å²) in [6, 6.07) is 0.639. The van der Waals surface area contributed by atoms with Gasteiger partial charge < -0.3 is 5.32 Å². The Hall–Kier alpha value is 0.310. The molecule has 0 radical (unpaired) electrons. The van der Waals surface area contributed by atoms with Gasteiger partial charge in [0.25, 0.3) is 0 Å². The van der Waals surface area contributed by atoms with E-state index in [2.05, 4.69) is 44.8 Å². The molecule has 1 N–H and O–H groups in total. The van der Waals surface area contributed by atoms with Crippen molar-refractivity contribution in [2.24, 2.45) is 17.8 Å². The normalized spacial score (nSPS) is 27.1. The summed E-state index contributed by atoms with van der Waals surface area (Å²) in [7, 11) is 0. The van der Waals surface area contributed by atoms with E-state index < -0.39 is 0 Å². The third kappa shape index (κ3) is 7.36. The van der Waals surface area contributed by atoms with Crippen LogP contribution in [0.1, 0.15) is 72.6 Å². The lowest BCUT2D eigenvalue weighted by Crippen LogP contribution is -2.36. The number of hydrogen-bond donors (Lipinski definition) is 1. The summed E-state index contributed by atoms with van der Waals surface area (Å²) in [5.74, 6) is 5.61. The van der Waals surface area contributed by atoms with Crippen molar-refractivity contribution in [2.45, 2.75) is 78.7 Å². The Kier molecular flexibility index (Phi) is 10.1. The van der Waals surface area contributed by atoms with Crippen LogP contribution in [0, 0.1) is 17.8 Å². The maximum Gasteiger partial charge on any atom is 0.00104 e. The highest BCUT2D eigenvalue weighted by atomic mass is 32.2. The van der Waals surface area contributed by atoms with E-state index in [4.69, 9.17) is 0 Å². The third-order valence-electron chi connectivity index (χ3n) is 4.80. The molecule has 120 valence electrons. The summed E-state index contributed by atoms with van der Waals surface area (Å²) >= 11 is 2.11. The maximum atomic E-state index is 3.69. The lowest BCUT2D eigenvalue weighted by molar-refractivity contribution is 0.157. The van der Waals surface area contributed by atoms with Crippen LogP contribution in [0.5, 0.6) is 0 Å². The molecule has 0 spiro atoms. The zero-order valence-corrected chi connectivity index (χ0v) is 15.1. The maximum absolute atomic E-state index is 3.69. The molecule has 0 amide bonds. The van der Waals surface area contributed by atoms with Crippen molar-refractivity contribution in [3.05, 3.63) is 0 Å². The third-order valence-corrected chi connectivity index (χ3v) is 5.79. The van der Waals surface area contributed by atoms with E-state index in [-0.39, 0.29) is 0 Å². The monoisotopic (exact) mass is 299 g/mol. The predicted octanol–water partition coefficient (Wildman–Crippen LogP) is 5.35. The van der Waals surface area contributed by atoms with E-state index in [1.54, 1.807) is 0 Å². The Balaban J connectivity index is 2.39. The molecular weight excluding hydrogens is 262 g/mol. The first-order valence-corrected chi connectivity index (χ1v) is 10.1. The molecule has 1 saturated carbocycles. The molecule has 0 saturated heterocycles. The second-order valence-electron chi connectivity index (χ2n) is 6.89. The van der Waals surface area contributed by atoms with Crippen LogP contribution >= 0.6 is 11.8 Å². The fourth-order valence-corrected chi connectivity index (χ4v) is 4.36. The van der Waals surface area contributed by atoms with Gasteiger partial charge in [-0.25, -0.2) is 0 Å². The van der Waals surface area contributed by atoms with Gasteiger partial charge in [0.05, 0.1) is 0 Å². The Morgan fingerprint density at radius 3 is 2.55 bits per heavy atom. The van der Waals surface area contributed by atoms with Gasteiger partial charge in [0, 0.05) is 6.04 Å². The van der Waals surface area contributed by atoms with Gasteiger partial charge in [-0.3, -0.25) is 0 Å². The van der Waals surface area contributed by atoms with Crippen LogP contribution in [0.15, 0.2) is 0 Å². The second kappa shape index (κ2) is 11.0. The standard InChI is InChI=1S/C18H37NS/c1-5-8-16-10-11-18(14-19-15(3)4)17(13-16)9-7-12-20-6-2/h15-19H,5-14H2,1-4H3. The van der Waals surface area contributed by atoms with Gasteiger partial charge in [-0.2, -0.15) is 11.8 Å². The van der Waals surface area contributed by atoms with Crippen LogP contribution in [0.3, 0.4) is 0 Å². The van der Waals surface area contributed by atoms with Crippen LogP contribution in [-0.2, 0) is 0 Å². The highest BCUT2D eigenvalue weighted by Gasteiger charge is 2.29. The molecule has 0 aromatic heterocycles. The lowest BCUT2D eigenvalue weighted by Gasteiger charge is -2.37. The van der Waals surface area contributed by atoms with Crippen LogP contribution in [-0.4, -0.2) is 24.1 Å². The van der Waals surface area contributed by atoms with E-state index in [0.717, 1.165) is 17.8 Å². The molecule has 1 nitrogen and oxygen atoms in total. The van der Waals surface area contributed by atoms with Crippen molar-refractivity contribution < 1.29 is 0 Å². The van der Waals surface area contributed by atoms with Crippen LogP contribution in [0.2, 0.25) is 0 Å². The van der Waals surface area contributed by atoms with E-state index >= 15 is 0 Å². The number of thioether (sulfide) groups is 1. The smallest absolute Gasteiger partial charge is 0.00104 e. The largest absolute Gasteiger partial charge is 0.314 e. The Morgan fingerprint density at radius 1 is 1.10 bits per heavy atom. The Morgan fingerprint density at radius 2 is 1.90 bits per heavy atom. The zero-order valence-electron chi connectivity index (χ0n) is 14.3. The number of nitrogens with one attached hydrogen (secondary N) is 1. The van der Waals surface area contributed by atoms with Gasteiger partial charge in [-0.05, 0) is 61.5 Å². The van der Waals surface area contributed by atoms with Gasteiger partial charge in [0.2, 0.25) is 0 Å². The van der Waals surface area contributed by atoms with Crippen molar-refractivity contribution in [3.63, 3.8) is 0 Å². The zero-order chi connectivity index (χ0) is 14.8. The summed E-state index contributed by atoms with van der Waals surface area (Å²) in [5.41, 5.74) is 0. The molecular formula is C18H37NS. The first-order chi connectivity index (χ1) is 9.67.